The van der Waals surface area contributed by atoms with E-state index in [0.29, 0.717) is 26.4 Å². The van der Waals surface area contributed by atoms with Crippen LogP contribution in [0.2, 0.25) is 0 Å². The van der Waals surface area contributed by atoms with Gasteiger partial charge in [0, 0.05) is 20.1 Å². The van der Waals surface area contributed by atoms with Crippen LogP contribution in [0, 0.1) is 0 Å². The molecular weight excluding hydrogens is 160 g/mol. The maximum atomic E-state index is 9.31. The molecule has 4 heteroatoms. The van der Waals surface area contributed by atoms with Gasteiger partial charge in [-0.05, 0) is 13.8 Å². The molecule has 12 heavy (non-hydrogen) atoms. The van der Waals surface area contributed by atoms with E-state index in [1.54, 1.807) is 6.92 Å². The van der Waals surface area contributed by atoms with Gasteiger partial charge in [-0.25, -0.2) is 0 Å². The molecule has 0 heterocycles. The summed E-state index contributed by atoms with van der Waals surface area (Å²) in [6, 6.07) is 0. The molecule has 0 aliphatic rings. The molecule has 4 nitrogen and oxygen atoms in total. The van der Waals surface area contributed by atoms with Gasteiger partial charge < -0.3 is 19.3 Å². The number of ether oxygens (including phenoxy) is 3. The normalized spacial score (nSPS) is 16.0. The van der Waals surface area contributed by atoms with Crippen LogP contribution in [0.3, 0.4) is 0 Å². The Bertz CT molecular complexity index is 103. The van der Waals surface area contributed by atoms with E-state index >= 15 is 0 Å². The number of aliphatic hydroxyl groups is 1. The van der Waals surface area contributed by atoms with Crippen LogP contribution in [0.15, 0.2) is 0 Å². The highest BCUT2D eigenvalue weighted by molar-refractivity contribution is 4.41. The van der Waals surface area contributed by atoms with Gasteiger partial charge >= 0.3 is 0 Å². The molecule has 0 aliphatic heterocycles. The van der Waals surface area contributed by atoms with Gasteiger partial charge in [0.05, 0.1) is 13.2 Å². The lowest BCUT2D eigenvalue weighted by atomic mass is 10.6. The lowest BCUT2D eigenvalue weighted by molar-refractivity contribution is -0.349. The zero-order chi connectivity index (χ0) is 9.45. The van der Waals surface area contributed by atoms with Crippen molar-refractivity contribution in [3.63, 3.8) is 0 Å². The quantitative estimate of drug-likeness (QED) is 0.461. The summed E-state index contributed by atoms with van der Waals surface area (Å²) in [5.74, 6) is -1.48. The molecule has 0 aromatic carbocycles. The summed E-state index contributed by atoms with van der Waals surface area (Å²) in [5, 5.41) is 9.31. The van der Waals surface area contributed by atoms with Crippen molar-refractivity contribution in [1.82, 2.24) is 0 Å². The minimum atomic E-state index is -1.48. The molecule has 0 amide bonds. The average molecular weight is 178 g/mol. The summed E-state index contributed by atoms with van der Waals surface area (Å²) in [6.45, 7) is 7.03. The summed E-state index contributed by atoms with van der Waals surface area (Å²) in [4.78, 5) is 0. The summed E-state index contributed by atoms with van der Waals surface area (Å²) >= 11 is 0. The zero-order valence-electron chi connectivity index (χ0n) is 8.00. The third-order valence-corrected chi connectivity index (χ3v) is 1.21. The monoisotopic (exact) mass is 178 g/mol. The van der Waals surface area contributed by atoms with Gasteiger partial charge in [-0.15, -0.1) is 0 Å². The molecule has 1 unspecified atom stereocenters. The fraction of sp³-hybridized carbons (Fsp3) is 1.00. The predicted molar refractivity (Wildman–Crippen MR) is 44.7 cm³/mol. The fourth-order valence-corrected chi connectivity index (χ4v) is 0.744. The molecule has 0 bridgehead atoms. The number of hydrogen-bond acceptors (Lipinski definition) is 4. The van der Waals surface area contributed by atoms with Crippen LogP contribution in [0.5, 0.6) is 0 Å². The summed E-state index contributed by atoms with van der Waals surface area (Å²) in [5.41, 5.74) is 0. The van der Waals surface area contributed by atoms with Crippen LogP contribution in [-0.2, 0) is 14.2 Å². The smallest absolute Gasteiger partial charge is 0.277 e. The van der Waals surface area contributed by atoms with E-state index in [9.17, 15) is 5.11 Å². The Balaban J connectivity index is 3.33. The van der Waals surface area contributed by atoms with Gasteiger partial charge in [0.15, 0.2) is 0 Å². The second-order valence-corrected chi connectivity index (χ2v) is 2.38. The summed E-state index contributed by atoms with van der Waals surface area (Å²) < 4.78 is 14.9. The van der Waals surface area contributed by atoms with Gasteiger partial charge in [-0.2, -0.15) is 0 Å². The van der Waals surface area contributed by atoms with Crippen LogP contribution in [0.4, 0.5) is 0 Å². The summed E-state index contributed by atoms with van der Waals surface area (Å²) in [6.07, 6.45) is 0. The molecule has 0 saturated heterocycles. The Morgan fingerprint density at radius 1 is 1.08 bits per heavy atom. The van der Waals surface area contributed by atoms with E-state index in [-0.39, 0.29) is 0 Å². The van der Waals surface area contributed by atoms with Gasteiger partial charge in [-0.3, -0.25) is 0 Å². The maximum absolute atomic E-state index is 9.31. The molecule has 0 rings (SSSR count). The lowest BCUT2D eigenvalue weighted by Crippen LogP contribution is -2.33. The fourth-order valence-electron chi connectivity index (χ4n) is 0.744. The molecule has 0 radical (unpaired) electrons. The van der Waals surface area contributed by atoms with Crippen LogP contribution in [-0.4, -0.2) is 37.5 Å². The minimum Gasteiger partial charge on any atom is -0.379 e. The SMILES string of the molecule is CCOCCOC(C)(O)OCC. The van der Waals surface area contributed by atoms with Crippen molar-refractivity contribution in [3.05, 3.63) is 0 Å². The Hall–Kier alpha value is -0.160. The van der Waals surface area contributed by atoms with Crippen LogP contribution < -0.4 is 0 Å². The van der Waals surface area contributed by atoms with Crippen LogP contribution in [0.25, 0.3) is 0 Å². The van der Waals surface area contributed by atoms with Crippen molar-refractivity contribution in [3.8, 4) is 0 Å². The topological polar surface area (TPSA) is 47.9 Å². The van der Waals surface area contributed by atoms with Crippen molar-refractivity contribution in [1.29, 1.82) is 0 Å². The molecule has 74 valence electrons. The predicted octanol–water partition coefficient (Wildman–Crippen LogP) is 0.742. The highest BCUT2D eigenvalue weighted by Crippen LogP contribution is 2.06. The van der Waals surface area contributed by atoms with Gasteiger partial charge in [-0.1, -0.05) is 0 Å². The van der Waals surface area contributed by atoms with E-state index in [0.717, 1.165) is 0 Å². The van der Waals surface area contributed by atoms with Gasteiger partial charge in [0.1, 0.15) is 0 Å². The third kappa shape index (κ3) is 6.54. The van der Waals surface area contributed by atoms with Crippen molar-refractivity contribution in [2.24, 2.45) is 0 Å². The standard InChI is InChI=1S/C8H18O4/c1-4-10-6-7-12-8(3,9)11-5-2/h9H,4-7H2,1-3H3. The number of hydrogen-bond donors (Lipinski definition) is 1. The highest BCUT2D eigenvalue weighted by Gasteiger charge is 2.20. The zero-order valence-corrected chi connectivity index (χ0v) is 8.00. The van der Waals surface area contributed by atoms with E-state index in [4.69, 9.17) is 14.2 Å². The molecule has 0 saturated carbocycles. The first-order valence-corrected chi connectivity index (χ1v) is 4.20. The first-order chi connectivity index (χ1) is 5.62. The number of rotatable bonds is 7. The molecule has 1 atom stereocenters. The van der Waals surface area contributed by atoms with Crippen LogP contribution in [0.1, 0.15) is 20.8 Å². The second kappa shape index (κ2) is 6.37. The van der Waals surface area contributed by atoms with E-state index in [2.05, 4.69) is 0 Å². The van der Waals surface area contributed by atoms with Crippen molar-refractivity contribution >= 4 is 0 Å². The van der Waals surface area contributed by atoms with E-state index in [1.165, 1.54) is 6.92 Å². The Morgan fingerprint density at radius 3 is 2.25 bits per heavy atom. The van der Waals surface area contributed by atoms with E-state index in [1.807, 2.05) is 6.92 Å². The molecule has 0 fully saturated rings. The summed E-state index contributed by atoms with van der Waals surface area (Å²) in [7, 11) is 0. The maximum Gasteiger partial charge on any atom is 0.277 e. The van der Waals surface area contributed by atoms with Crippen molar-refractivity contribution < 1.29 is 19.3 Å². The molecular formula is C8H18O4. The molecule has 0 spiro atoms. The second-order valence-electron chi connectivity index (χ2n) is 2.38. The first kappa shape index (κ1) is 11.8. The van der Waals surface area contributed by atoms with E-state index < -0.39 is 5.97 Å². The molecule has 0 aliphatic carbocycles. The Morgan fingerprint density at radius 2 is 1.75 bits per heavy atom. The minimum absolute atomic E-state index is 0.334. The lowest BCUT2D eigenvalue weighted by Gasteiger charge is -2.22. The van der Waals surface area contributed by atoms with Crippen LogP contribution >= 0.6 is 0 Å². The largest absolute Gasteiger partial charge is 0.379 e. The molecule has 1 N–H and O–H groups in total. The molecule has 0 aromatic heterocycles. The van der Waals surface area contributed by atoms with Crippen molar-refractivity contribution in [2.75, 3.05) is 26.4 Å². The van der Waals surface area contributed by atoms with Crippen molar-refractivity contribution in [2.45, 2.75) is 26.7 Å². The van der Waals surface area contributed by atoms with Gasteiger partial charge in [0.2, 0.25) is 0 Å². The molecule has 0 aromatic rings. The first-order valence-electron chi connectivity index (χ1n) is 4.20. The third-order valence-electron chi connectivity index (χ3n) is 1.21. The average Bonchev–Trinajstić information content (AvgIpc) is 1.98. The highest BCUT2D eigenvalue weighted by atomic mass is 16.8. The van der Waals surface area contributed by atoms with Gasteiger partial charge in [0.25, 0.3) is 5.97 Å². The Kier molecular flexibility index (Phi) is 6.28. The Labute approximate surface area is 73.4 Å².